The summed E-state index contributed by atoms with van der Waals surface area (Å²) in [7, 11) is 0. The minimum Gasteiger partial charge on any atom is -0.336 e. The van der Waals surface area contributed by atoms with Crippen molar-refractivity contribution in [2.45, 2.75) is 13.3 Å². The standard InChI is InChI=1S/C15H21N3O/c1-13(2)15(19)18-11-9-17(10-12-18)8-6-14-5-3-4-7-16-14/h3-5,7H,1,6,8-12H2,2H3. The normalized spacial score (nSPS) is 16.4. The van der Waals surface area contributed by atoms with Crippen LogP contribution in [-0.4, -0.2) is 53.4 Å². The third kappa shape index (κ3) is 3.89. The van der Waals surface area contributed by atoms with E-state index < -0.39 is 0 Å². The van der Waals surface area contributed by atoms with E-state index in [0.29, 0.717) is 5.57 Å². The lowest BCUT2D eigenvalue weighted by Crippen LogP contribution is -2.49. The quantitative estimate of drug-likeness (QED) is 0.766. The second-order valence-electron chi connectivity index (χ2n) is 4.99. The molecule has 19 heavy (non-hydrogen) atoms. The number of carbonyl (C=O) groups is 1. The summed E-state index contributed by atoms with van der Waals surface area (Å²) in [6.07, 6.45) is 2.80. The number of piperazine rings is 1. The van der Waals surface area contributed by atoms with Gasteiger partial charge in [0.05, 0.1) is 0 Å². The van der Waals surface area contributed by atoms with Crippen LogP contribution in [0.15, 0.2) is 36.5 Å². The van der Waals surface area contributed by atoms with Crippen molar-refractivity contribution in [3.8, 4) is 0 Å². The Morgan fingerprint density at radius 3 is 2.63 bits per heavy atom. The van der Waals surface area contributed by atoms with Gasteiger partial charge in [0, 0.05) is 56.6 Å². The van der Waals surface area contributed by atoms with E-state index in [2.05, 4.69) is 22.5 Å². The van der Waals surface area contributed by atoms with Gasteiger partial charge in [-0.1, -0.05) is 12.6 Å². The van der Waals surface area contributed by atoms with Gasteiger partial charge in [0.25, 0.3) is 0 Å². The number of hydrogen-bond acceptors (Lipinski definition) is 3. The molecule has 0 aromatic carbocycles. The fraction of sp³-hybridized carbons (Fsp3) is 0.467. The van der Waals surface area contributed by atoms with Crippen LogP contribution in [0.2, 0.25) is 0 Å². The molecule has 4 heteroatoms. The van der Waals surface area contributed by atoms with Crippen LogP contribution in [0, 0.1) is 0 Å². The molecule has 1 aliphatic heterocycles. The highest BCUT2D eigenvalue weighted by Crippen LogP contribution is 2.06. The molecule has 0 atom stereocenters. The molecule has 1 amide bonds. The average Bonchev–Trinajstić information content (AvgIpc) is 2.46. The molecular formula is C15H21N3O. The number of carbonyl (C=O) groups excluding carboxylic acids is 1. The summed E-state index contributed by atoms with van der Waals surface area (Å²) in [5, 5.41) is 0. The molecule has 0 unspecified atom stereocenters. The molecule has 0 bridgehead atoms. The molecule has 2 rings (SSSR count). The first-order valence-corrected chi connectivity index (χ1v) is 6.74. The highest BCUT2D eigenvalue weighted by atomic mass is 16.2. The largest absolute Gasteiger partial charge is 0.336 e. The molecule has 0 N–H and O–H groups in total. The van der Waals surface area contributed by atoms with Crippen molar-refractivity contribution in [1.82, 2.24) is 14.8 Å². The van der Waals surface area contributed by atoms with Crippen LogP contribution in [0.3, 0.4) is 0 Å². The molecule has 0 saturated carbocycles. The molecule has 4 nitrogen and oxygen atoms in total. The number of hydrogen-bond donors (Lipinski definition) is 0. The first kappa shape index (κ1) is 13.7. The lowest BCUT2D eigenvalue weighted by molar-refractivity contribution is -0.128. The van der Waals surface area contributed by atoms with Crippen LogP contribution in [-0.2, 0) is 11.2 Å². The molecule has 1 aromatic heterocycles. The minimum atomic E-state index is 0.0874. The molecule has 1 saturated heterocycles. The molecule has 0 radical (unpaired) electrons. The van der Waals surface area contributed by atoms with Crippen LogP contribution < -0.4 is 0 Å². The summed E-state index contributed by atoms with van der Waals surface area (Å²) in [5.74, 6) is 0.0874. The molecule has 102 valence electrons. The van der Waals surface area contributed by atoms with E-state index in [-0.39, 0.29) is 5.91 Å². The zero-order chi connectivity index (χ0) is 13.7. The van der Waals surface area contributed by atoms with Gasteiger partial charge in [0.1, 0.15) is 0 Å². The Kier molecular flexibility index (Phi) is 4.68. The van der Waals surface area contributed by atoms with E-state index in [1.807, 2.05) is 23.2 Å². The van der Waals surface area contributed by atoms with Crippen LogP contribution in [0.5, 0.6) is 0 Å². The van der Waals surface area contributed by atoms with Crippen molar-refractivity contribution in [2.75, 3.05) is 32.7 Å². The van der Waals surface area contributed by atoms with Crippen LogP contribution in [0.25, 0.3) is 0 Å². The molecule has 0 aliphatic carbocycles. The van der Waals surface area contributed by atoms with Gasteiger partial charge in [-0.2, -0.15) is 0 Å². The van der Waals surface area contributed by atoms with E-state index in [1.54, 1.807) is 6.92 Å². The number of amides is 1. The Morgan fingerprint density at radius 1 is 1.32 bits per heavy atom. The maximum absolute atomic E-state index is 11.8. The fourth-order valence-electron chi connectivity index (χ4n) is 2.26. The van der Waals surface area contributed by atoms with Crippen molar-refractivity contribution >= 4 is 5.91 Å². The van der Waals surface area contributed by atoms with Gasteiger partial charge in [0.15, 0.2) is 0 Å². The zero-order valence-corrected chi connectivity index (χ0v) is 11.5. The Bertz CT molecular complexity index is 436. The summed E-state index contributed by atoms with van der Waals surface area (Å²) in [6, 6.07) is 6.01. The van der Waals surface area contributed by atoms with Gasteiger partial charge >= 0.3 is 0 Å². The molecule has 1 fully saturated rings. The summed E-state index contributed by atoms with van der Waals surface area (Å²) in [5.41, 5.74) is 1.75. The number of pyridine rings is 1. The van der Waals surface area contributed by atoms with Crippen molar-refractivity contribution < 1.29 is 4.79 Å². The van der Waals surface area contributed by atoms with Gasteiger partial charge in [0.2, 0.25) is 5.91 Å². The Hall–Kier alpha value is -1.68. The second kappa shape index (κ2) is 6.48. The van der Waals surface area contributed by atoms with Gasteiger partial charge in [-0.15, -0.1) is 0 Å². The maximum atomic E-state index is 11.8. The summed E-state index contributed by atoms with van der Waals surface area (Å²) in [4.78, 5) is 20.4. The van der Waals surface area contributed by atoms with Crippen molar-refractivity contribution in [3.63, 3.8) is 0 Å². The van der Waals surface area contributed by atoms with Gasteiger partial charge in [-0.05, 0) is 19.1 Å². The first-order chi connectivity index (χ1) is 9.16. The van der Waals surface area contributed by atoms with Gasteiger partial charge in [-0.3, -0.25) is 14.7 Å². The van der Waals surface area contributed by atoms with E-state index in [9.17, 15) is 4.79 Å². The third-order valence-corrected chi connectivity index (χ3v) is 3.43. The van der Waals surface area contributed by atoms with Crippen LogP contribution in [0.1, 0.15) is 12.6 Å². The monoisotopic (exact) mass is 259 g/mol. The molecule has 1 aromatic rings. The lowest BCUT2D eigenvalue weighted by atomic mass is 10.2. The van der Waals surface area contributed by atoms with Crippen molar-refractivity contribution in [3.05, 3.63) is 42.2 Å². The zero-order valence-electron chi connectivity index (χ0n) is 11.5. The van der Waals surface area contributed by atoms with Gasteiger partial charge < -0.3 is 4.90 Å². The smallest absolute Gasteiger partial charge is 0.248 e. The number of aromatic nitrogens is 1. The van der Waals surface area contributed by atoms with E-state index >= 15 is 0 Å². The summed E-state index contributed by atoms with van der Waals surface area (Å²) >= 11 is 0. The van der Waals surface area contributed by atoms with Crippen LogP contribution in [0.4, 0.5) is 0 Å². The Labute approximate surface area is 114 Å². The topological polar surface area (TPSA) is 36.4 Å². The van der Waals surface area contributed by atoms with Crippen LogP contribution >= 0.6 is 0 Å². The summed E-state index contributed by atoms with van der Waals surface area (Å²) < 4.78 is 0. The molecule has 2 heterocycles. The van der Waals surface area contributed by atoms with Crippen molar-refractivity contribution in [1.29, 1.82) is 0 Å². The second-order valence-corrected chi connectivity index (χ2v) is 4.99. The number of nitrogens with zero attached hydrogens (tertiary/aromatic N) is 3. The minimum absolute atomic E-state index is 0.0874. The molecule has 0 spiro atoms. The predicted octanol–water partition coefficient (Wildman–Crippen LogP) is 1.34. The molecule has 1 aliphatic rings. The Balaban J connectivity index is 1.75. The van der Waals surface area contributed by atoms with Crippen molar-refractivity contribution in [2.24, 2.45) is 0 Å². The SMILES string of the molecule is C=C(C)C(=O)N1CCN(CCc2ccccn2)CC1. The van der Waals surface area contributed by atoms with E-state index in [0.717, 1.165) is 44.8 Å². The third-order valence-electron chi connectivity index (χ3n) is 3.43. The first-order valence-electron chi connectivity index (χ1n) is 6.74. The summed E-state index contributed by atoms with van der Waals surface area (Å²) in [6.45, 7) is 9.96. The lowest BCUT2D eigenvalue weighted by Gasteiger charge is -2.34. The maximum Gasteiger partial charge on any atom is 0.248 e. The average molecular weight is 259 g/mol. The van der Waals surface area contributed by atoms with Gasteiger partial charge in [-0.25, -0.2) is 0 Å². The van der Waals surface area contributed by atoms with E-state index in [4.69, 9.17) is 0 Å². The predicted molar refractivity (Wildman–Crippen MR) is 75.8 cm³/mol. The Morgan fingerprint density at radius 2 is 2.05 bits per heavy atom. The molecular weight excluding hydrogens is 238 g/mol. The number of rotatable bonds is 4. The highest BCUT2D eigenvalue weighted by Gasteiger charge is 2.20. The highest BCUT2D eigenvalue weighted by molar-refractivity contribution is 5.92. The fourth-order valence-corrected chi connectivity index (χ4v) is 2.26. The van der Waals surface area contributed by atoms with E-state index in [1.165, 1.54) is 0 Å².